The van der Waals surface area contributed by atoms with Gasteiger partial charge in [-0.3, -0.25) is 4.31 Å². The molecule has 1 saturated heterocycles. The number of carbonyl (C=O) groups excluding carboxylic acids is 1. The molecule has 1 unspecified atom stereocenters. The number of unbranched alkanes of at least 4 members (excludes halogenated alkanes) is 2. The Morgan fingerprint density at radius 2 is 2.00 bits per heavy atom. The summed E-state index contributed by atoms with van der Waals surface area (Å²) in [6, 6.07) is 11.1. The number of hydrogen-bond donors (Lipinski definition) is 0. The summed E-state index contributed by atoms with van der Waals surface area (Å²) in [4.78, 5) is 20.7. The molecular formula is C23H30N4O5S. The zero-order valence-corrected chi connectivity index (χ0v) is 19.8. The van der Waals surface area contributed by atoms with Gasteiger partial charge in [0.1, 0.15) is 18.1 Å². The predicted octanol–water partition coefficient (Wildman–Crippen LogP) is 3.19. The van der Waals surface area contributed by atoms with Gasteiger partial charge in [-0.05, 0) is 68.1 Å². The van der Waals surface area contributed by atoms with E-state index in [0.29, 0.717) is 32.0 Å². The second-order valence-electron chi connectivity index (χ2n) is 7.28. The molecule has 1 aliphatic rings. The van der Waals surface area contributed by atoms with E-state index in [-0.39, 0.29) is 5.69 Å². The van der Waals surface area contributed by atoms with E-state index in [1.807, 2.05) is 35.5 Å². The average Bonchev–Trinajstić information content (AvgIpc) is 3.22. The standard InChI is InChI=1S/C23H30N4O5S/c1-3-32-25-18-19-7-9-21(10-8-19)31-16-6-4-5-13-26-14-15-27(33(26)29)20-11-12-24-22(17-20)23(28)30-2/h7-12,17-18H,3-6,13-16H2,1-2H3/b25-18+. The van der Waals surface area contributed by atoms with Gasteiger partial charge in [0, 0.05) is 25.8 Å². The summed E-state index contributed by atoms with van der Waals surface area (Å²) < 4.78 is 27.1. The molecule has 1 aliphatic heterocycles. The molecule has 1 aromatic carbocycles. The van der Waals surface area contributed by atoms with Crippen molar-refractivity contribution in [2.45, 2.75) is 26.2 Å². The Hall–Kier alpha value is -2.98. The maximum absolute atomic E-state index is 12.9. The van der Waals surface area contributed by atoms with Crippen molar-refractivity contribution in [2.75, 3.05) is 44.3 Å². The summed E-state index contributed by atoms with van der Waals surface area (Å²) in [5.41, 5.74) is 1.87. The summed E-state index contributed by atoms with van der Waals surface area (Å²) in [5, 5.41) is 3.84. The lowest BCUT2D eigenvalue weighted by Gasteiger charge is -2.18. The van der Waals surface area contributed by atoms with Gasteiger partial charge in [0.25, 0.3) is 0 Å². The summed E-state index contributed by atoms with van der Waals surface area (Å²) in [5.74, 6) is 0.316. The van der Waals surface area contributed by atoms with Crippen molar-refractivity contribution in [2.24, 2.45) is 5.16 Å². The lowest BCUT2D eigenvalue weighted by atomic mass is 10.2. The molecule has 0 amide bonds. The second kappa shape index (κ2) is 12.9. The smallest absolute Gasteiger partial charge is 0.356 e. The minimum atomic E-state index is -1.28. The Morgan fingerprint density at radius 3 is 2.76 bits per heavy atom. The molecule has 1 fully saturated rings. The van der Waals surface area contributed by atoms with Gasteiger partial charge in [0.2, 0.25) is 0 Å². The number of methoxy groups -OCH3 is 1. The van der Waals surface area contributed by atoms with Crippen LogP contribution in [0.3, 0.4) is 0 Å². The quantitative estimate of drug-likeness (QED) is 0.203. The normalized spacial score (nSPS) is 16.3. The van der Waals surface area contributed by atoms with Crippen molar-refractivity contribution in [1.29, 1.82) is 0 Å². The van der Waals surface area contributed by atoms with Gasteiger partial charge >= 0.3 is 5.97 Å². The van der Waals surface area contributed by atoms with Gasteiger partial charge in [-0.2, -0.15) is 0 Å². The Kier molecular flexibility index (Phi) is 9.64. The molecule has 33 heavy (non-hydrogen) atoms. The first kappa shape index (κ1) is 24.7. The Balaban J connectivity index is 1.35. The van der Waals surface area contributed by atoms with Crippen molar-refractivity contribution < 1.29 is 23.3 Å². The van der Waals surface area contributed by atoms with E-state index in [0.717, 1.165) is 37.1 Å². The molecule has 3 rings (SSSR count). The van der Waals surface area contributed by atoms with Gasteiger partial charge in [-0.25, -0.2) is 18.3 Å². The molecule has 0 spiro atoms. The maximum Gasteiger partial charge on any atom is 0.356 e. The lowest BCUT2D eigenvalue weighted by molar-refractivity contribution is 0.0594. The number of hydrogen-bond acceptors (Lipinski definition) is 7. The number of aromatic nitrogens is 1. The summed E-state index contributed by atoms with van der Waals surface area (Å²) in [6.07, 6.45) is 6.03. The largest absolute Gasteiger partial charge is 0.494 e. The number of carbonyl (C=O) groups is 1. The molecule has 0 radical (unpaired) electrons. The van der Waals surface area contributed by atoms with E-state index in [9.17, 15) is 9.00 Å². The monoisotopic (exact) mass is 474 g/mol. The maximum atomic E-state index is 12.9. The van der Waals surface area contributed by atoms with Gasteiger partial charge in [0.05, 0.1) is 25.6 Å². The number of nitrogens with zero attached hydrogens (tertiary/aromatic N) is 4. The zero-order chi connectivity index (χ0) is 23.5. The Bertz CT molecular complexity index is 954. The van der Waals surface area contributed by atoms with Gasteiger partial charge in [0.15, 0.2) is 11.2 Å². The number of benzene rings is 1. The fraction of sp³-hybridized carbons (Fsp3) is 0.435. The van der Waals surface area contributed by atoms with Crippen LogP contribution in [0.4, 0.5) is 5.69 Å². The number of anilines is 1. The molecule has 1 atom stereocenters. The number of esters is 1. The van der Waals surface area contributed by atoms with Gasteiger partial charge < -0.3 is 14.3 Å². The van der Waals surface area contributed by atoms with E-state index in [1.165, 1.54) is 13.3 Å². The summed E-state index contributed by atoms with van der Waals surface area (Å²) in [7, 11) is 1.31. The third kappa shape index (κ3) is 7.26. The van der Waals surface area contributed by atoms with E-state index in [2.05, 4.69) is 10.1 Å². The molecule has 178 valence electrons. The van der Waals surface area contributed by atoms with Crippen molar-refractivity contribution in [3.8, 4) is 5.75 Å². The molecule has 2 heterocycles. The minimum Gasteiger partial charge on any atom is -0.494 e. The molecule has 0 saturated carbocycles. The van der Waals surface area contributed by atoms with Crippen LogP contribution in [0.25, 0.3) is 0 Å². The molecule has 0 aliphatic carbocycles. The molecule has 1 aromatic heterocycles. The summed E-state index contributed by atoms with van der Waals surface area (Å²) >= 11 is -1.28. The first-order valence-corrected chi connectivity index (χ1v) is 12.1. The van der Waals surface area contributed by atoms with Crippen LogP contribution >= 0.6 is 0 Å². The first-order valence-electron chi connectivity index (χ1n) is 11.0. The molecule has 9 nitrogen and oxygen atoms in total. The fourth-order valence-corrected chi connectivity index (χ4v) is 4.61. The van der Waals surface area contributed by atoms with Gasteiger partial charge in [-0.1, -0.05) is 5.16 Å². The van der Waals surface area contributed by atoms with E-state index in [1.54, 1.807) is 22.7 Å². The van der Waals surface area contributed by atoms with Crippen LogP contribution in [0.5, 0.6) is 5.75 Å². The SMILES string of the molecule is CCO/N=C/c1ccc(OCCCCCN2CCN(c3ccnc(C(=O)OC)c3)S2=O)cc1. The number of pyridine rings is 1. The highest BCUT2D eigenvalue weighted by molar-refractivity contribution is 7.84. The number of oxime groups is 1. The average molecular weight is 475 g/mol. The third-order valence-corrected chi connectivity index (χ3v) is 6.57. The van der Waals surface area contributed by atoms with Crippen LogP contribution in [0.2, 0.25) is 0 Å². The number of rotatable bonds is 12. The first-order chi connectivity index (χ1) is 16.1. The van der Waals surface area contributed by atoms with Crippen LogP contribution in [0.1, 0.15) is 42.2 Å². The zero-order valence-electron chi connectivity index (χ0n) is 19.0. The van der Waals surface area contributed by atoms with Crippen molar-refractivity contribution >= 4 is 29.0 Å². The minimum absolute atomic E-state index is 0.207. The van der Waals surface area contributed by atoms with E-state index < -0.39 is 17.1 Å². The van der Waals surface area contributed by atoms with E-state index in [4.69, 9.17) is 14.3 Å². The van der Waals surface area contributed by atoms with Crippen molar-refractivity contribution in [3.05, 3.63) is 53.9 Å². The molecule has 2 aromatic rings. The molecule has 10 heteroatoms. The predicted molar refractivity (Wildman–Crippen MR) is 128 cm³/mol. The lowest BCUT2D eigenvalue weighted by Crippen LogP contribution is -2.27. The fourth-order valence-electron chi connectivity index (χ4n) is 3.28. The van der Waals surface area contributed by atoms with Crippen LogP contribution < -0.4 is 9.04 Å². The number of ether oxygens (including phenoxy) is 2. The topological polar surface area (TPSA) is 93.6 Å². The van der Waals surface area contributed by atoms with Crippen molar-refractivity contribution in [3.63, 3.8) is 0 Å². The second-order valence-corrected chi connectivity index (χ2v) is 8.70. The molecule has 0 N–H and O–H groups in total. The van der Waals surface area contributed by atoms with Crippen LogP contribution in [0.15, 0.2) is 47.8 Å². The molecule has 0 bridgehead atoms. The van der Waals surface area contributed by atoms with E-state index >= 15 is 0 Å². The molecular weight excluding hydrogens is 444 g/mol. The Morgan fingerprint density at radius 1 is 1.18 bits per heavy atom. The van der Waals surface area contributed by atoms with Crippen LogP contribution in [-0.2, 0) is 20.7 Å². The van der Waals surface area contributed by atoms with Crippen LogP contribution in [-0.4, -0.2) is 65.6 Å². The third-order valence-electron chi connectivity index (χ3n) is 4.99. The van der Waals surface area contributed by atoms with Crippen LogP contribution in [0, 0.1) is 0 Å². The highest BCUT2D eigenvalue weighted by Gasteiger charge is 2.29. The Labute approximate surface area is 197 Å². The van der Waals surface area contributed by atoms with Gasteiger partial charge in [-0.15, -0.1) is 0 Å². The van der Waals surface area contributed by atoms with Crippen molar-refractivity contribution in [1.82, 2.24) is 9.29 Å². The summed E-state index contributed by atoms with van der Waals surface area (Å²) in [6.45, 7) is 5.15. The highest BCUT2D eigenvalue weighted by atomic mass is 32.2. The highest BCUT2D eigenvalue weighted by Crippen LogP contribution is 2.23.